The van der Waals surface area contributed by atoms with Crippen molar-refractivity contribution in [2.45, 2.75) is 17.9 Å². The van der Waals surface area contributed by atoms with Crippen molar-refractivity contribution in [2.24, 2.45) is 0 Å². The molecular weight excluding hydrogens is 356 g/mol. The number of carboxylic acid groups (broad SMARTS) is 1. The summed E-state index contributed by atoms with van der Waals surface area (Å²) in [4.78, 5) is 22.2. The topological polar surface area (TPSA) is 74.6 Å². The summed E-state index contributed by atoms with van der Waals surface area (Å²) in [5, 5.41) is 18.3. The van der Waals surface area contributed by atoms with Gasteiger partial charge in [0, 0.05) is 15.6 Å². The van der Waals surface area contributed by atoms with Gasteiger partial charge in [-0.25, -0.2) is 4.79 Å². The number of carbonyl (C=O) groups excluding carboxylic acids is 1. The molecule has 0 aliphatic carbocycles. The van der Waals surface area contributed by atoms with Gasteiger partial charge in [0.25, 0.3) is 0 Å². The molecule has 0 heterocycles. The Morgan fingerprint density at radius 3 is 2.41 bits per heavy atom. The van der Waals surface area contributed by atoms with Crippen molar-refractivity contribution >= 4 is 43.6 Å². The van der Waals surface area contributed by atoms with Crippen LogP contribution in [0, 0.1) is 0 Å². The maximum absolute atomic E-state index is 11.8. The Labute approximate surface area is 115 Å². The highest BCUT2D eigenvalue weighted by Gasteiger charge is 2.24. The summed E-state index contributed by atoms with van der Waals surface area (Å²) < 4.78 is 0.603. The number of aliphatic hydroxyl groups excluding tert-OH is 1. The second-order valence-corrected chi connectivity index (χ2v) is 5.74. The van der Waals surface area contributed by atoms with Crippen LogP contribution in [0.4, 0.5) is 0 Å². The molecule has 0 aliphatic heterocycles. The van der Waals surface area contributed by atoms with Crippen molar-refractivity contribution in [2.75, 3.05) is 0 Å². The van der Waals surface area contributed by atoms with E-state index in [1.807, 2.05) is 0 Å². The molecule has 1 rings (SSSR count). The molecule has 0 fully saturated rings. The molecule has 0 aromatic heterocycles. The summed E-state index contributed by atoms with van der Waals surface area (Å²) in [6.45, 7) is 1.64. The minimum Gasteiger partial charge on any atom is -0.479 e. The van der Waals surface area contributed by atoms with E-state index in [9.17, 15) is 14.7 Å². The third kappa shape index (κ3) is 3.37. The van der Waals surface area contributed by atoms with E-state index in [2.05, 4.69) is 31.9 Å². The van der Waals surface area contributed by atoms with Gasteiger partial charge in [0.2, 0.25) is 0 Å². The number of halogens is 2. The Morgan fingerprint density at radius 1 is 1.35 bits per heavy atom. The summed E-state index contributed by atoms with van der Waals surface area (Å²) >= 11 is 6.30. The van der Waals surface area contributed by atoms with Gasteiger partial charge in [0.15, 0.2) is 11.9 Å². The SMILES string of the molecule is CC(Br)C(=O)c1ccc(Br)cc1C(O)C(=O)O. The number of benzene rings is 1. The van der Waals surface area contributed by atoms with Crippen LogP contribution in [0.1, 0.15) is 28.9 Å². The maximum atomic E-state index is 11.8. The van der Waals surface area contributed by atoms with Crippen molar-refractivity contribution in [3.8, 4) is 0 Å². The van der Waals surface area contributed by atoms with E-state index < -0.39 is 16.9 Å². The van der Waals surface area contributed by atoms with Gasteiger partial charge >= 0.3 is 5.97 Å². The molecule has 17 heavy (non-hydrogen) atoms. The molecule has 0 bridgehead atoms. The number of rotatable bonds is 4. The van der Waals surface area contributed by atoms with E-state index in [1.54, 1.807) is 13.0 Å². The van der Waals surface area contributed by atoms with Gasteiger partial charge in [0.05, 0.1) is 4.83 Å². The molecule has 2 N–H and O–H groups in total. The molecule has 0 saturated heterocycles. The quantitative estimate of drug-likeness (QED) is 0.635. The highest BCUT2D eigenvalue weighted by Crippen LogP contribution is 2.25. The number of aliphatic hydroxyl groups is 1. The summed E-state index contributed by atoms with van der Waals surface area (Å²) in [5.41, 5.74) is 0.288. The summed E-state index contributed by atoms with van der Waals surface area (Å²) in [6.07, 6.45) is -1.71. The molecule has 2 unspecified atom stereocenters. The second-order valence-electron chi connectivity index (χ2n) is 3.45. The Morgan fingerprint density at radius 2 is 1.94 bits per heavy atom. The van der Waals surface area contributed by atoms with Crippen LogP contribution < -0.4 is 0 Å². The lowest BCUT2D eigenvalue weighted by molar-refractivity contribution is -0.146. The number of hydrogen-bond acceptors (Lipinski definition) is 3. The molecule has 2 atom stereocenters. The first-order valence-electron chi connectivity index (χ1n) is 4.73. The molecule has 0 amide bonds. The molecule has 1 aromatic carbocycles. The fourth-order valence-electron chi connectivity index (χ4n) is 1.33. The maximum Gasteiger partial charge on any atom is 0.337 e. The molecular formula is C11H10Br2O4. The molecule has 1 aromatic rings. The minimum absolute atomic E-state index is 0.0863. The highest BCUT2D eigenvalue weighted by molar-refractivity contribution is 9.10. The number of Topliss-reactive ketones (excluding diaryl/α,β-unsaturated/α-hetero) is 1. The van der Waals surface area contributed by atoms with Crippen molar-refractivity contribution in [1.29, 1.82) is 0 Å². The lowest BCUT2D eigenvalue weighted by atomic mass is 9.98. The van der Waals surface area contributed by atoms with E-state index in [0.717, 1.165) is 0 Å². The summed E-state index contributed by atoms with van der Waals surface area (Å²) in [6, 6.07) is 4.55. The number of ketones is 1. The molecule has 0 radical (unpaired) electrons. The van der Waals surface area contributed by atoms with Crippen molar-refractivity contribution < 1.29 is 19.8 Å². The van der Waals surface area contributed by atoms with E-state index >= 15 is 0 Å². The van der Waals surface area contributed by atoms with E-state index in [0.29, 0.717) is 4.47 Å². The minimum atomic E-state index is -1.71. The van der Waals surface area contributed by atoms with E-state index in [-0.39, 0.29) is 16.9 Å². The fourth-order valence-corrected chi connectivity index (χ4v) is 1.96. The number of aliphatic carboxylic acids is 1. The zero-order chi connectivity index (χ0) is 13.2. The Hall–Kier alpha value is -0.720. The van der Waals surface area contributed by atoms with Crippen LogP contribution in [0.3, 0.4) is 0 Å². The van der Waals surface area contributed by atoms with Gasteiger partial charge in [-0.1, -0.05) is 31.9 Å². The number of hydrogen-bond donors (Lipinski definition) is 2. The van der Waals surface area contributed by atoms with Crippen molar-refractivity contribution in [1.82, 2.24) is 0 Å². The molecule has 0 aliphatic rings. The zero-order valence-corrected chi connectivity index (χ0v) is 12.0. The number of carbonyl (C=O) groups is 2. The molecule has 6 heteroatoms. The first kappa shape index (κ1) is 14.3. The lowest BCUT2D eigenvalue weighted by Crippen LogP contribution is -2.18. The average Bonchev–Trinajstić information content (AvgIpc) is 2.26. The Balaban J connectivity index is 3.31. The van der Waals surface area contributed by atoms with Gasteiger partial charge < -0.3 is 10.2 Å². The van der Waals surface area contributed by atoms with Gasteiger partial charge in [0.1, 0.15) is 0 Å². The first-order chi connectivity index (χ1) is 7.84. The summed E-state index contributed by atoms with van der Waals surface area (Å²) in [5.74, 6) is -1.66. The summed E-state index contributed by atoms with van der Waals surface area (Å²) in [7, 11) is 0. The highest BCUT2D eigenvalue weighted by atomic mass is 79.9. The lowest BCUT2D eigenvalue weighted by Gasteiger charge is -2.13. The largest absolute Gasteiger partial charge is 0.479 e. The zero-order valence-electron chi connectivity index (χ0n) is 8.85. The predicted octanol–water partition coefficient (Wildman–Crippen LogP) is 2.53. The van der Waals surface area contributed by atoms with Gasteiger partial charge in [-0.05, 0) is 25.1 Å². The third-order valence-electron chi connectivity index (χ3n) is 2.17. The van der Waals surface area contributed by atoms with E-state index in [1.165, 1.54) is 12.1 Å². The fraction of sp³-hybridized carbons (Fsp3) is 0.273. The average molecular weight is 366 g/mol. The van der Waals surface area contributed by atoms with Crippen LogP contribution in [0.15, 0.2) is 22.7 Å². The predicted molar refractivity (Wildman–Crippen MR) is 69.5 cm³/mol. The molecule has 92 valence electrons. The van der Waals surface area contributed by atoms with Gasteiger partial charge in [-0.2, -0.15) is 0 Å². The Bertz CT molecular complexity index is 457. The molecule has 0 saturated carbocycles. The normalized spacial score (nSPS) is 14.1. The second kappa shape index (κ2) is 5.75. The number of carboxylic acids is 1. The monoisotopic (exact) mass is 364 g/mol. The molecule has 4 nitrogen and oxygen atoms in total. The van der Waals surface area contributed by atoms with Crippen LogP contribution in [0.5, 0.6) is 0 Å². The van der Waals surface area contributed by atoms with Crippen LogP contribution >= 0.6 is 31.9 Å². The van der Waals surface area contributed by atoms with Crippen molar-refractivity contribution in [3.63, 3.8) is 0 Å². The van der Waals surface area contributed by atoms with E-state index in [4.69, 9.17) is 5.11 Å². The van der Waals surface area contributed by atoms with Gasteiger partial charge in [-0.3, -0.25) is 4.79 Å². The van der Waals surface area contributed by atoms with Crippen LogP contribution in [-0.4, -0.2) is 26.8 Å². The third-order valence-corrected chi connectivity index (χ3v) is 3.08. The van der Waals surface area contributed by atoms with Crippen LogP contribution in [0.25, 0.3) is 0 Å². The van der Waals surface area contributed by atoms with Crippen LogP contribution in [0.2, 0.25) is 0 Å². The number of alkyl halides is 1. The van der Waals surface area contributed by atoms with Gasteiger partial charge in [-0.15, -0.1) is 0 Å². The van der Waals surface area contributed by atoms with Crippen LogP contribution in [-0.2, 0) is 4.79 Å². The first-order valence-corrected chi connectivity index (χ1v) is 6.44. The molecule has 0 spiro atoms. The standard InChI is InChI=1S/C11H10Br2O4/c1-5(12)9(14)7-3-2-6(13)4-8(7)10(15)11(16)17/h2-5,10,15H,1H3,(H,16,17). The smallest absolute Gasteiger partial charge is 0.337 e. The van der Waals surface area contributed by atoms with Crippen molar-refractivity contribution in [3.05, 3.63) is 33.8 Å². The Kier molecular flexibility index (Phi) is 4.85.